The molecule has 1 aromatic rings. The summed E-state index contributed by atoms with van der Waals surface area (Å²) in [5.74, 6) is 0.607. The zero-order chi connectivity index (χ0) is 12.7. The largest absolute Gasteiger partial charge is 0.381 e. The Labute approximate surface area is 111 Å². The SMILES string of the molecule is CC(C)COCCC(CBr)c1ccccc1F. The van der Waals surface area contributed by atoms with E-state index in [0.29, 0.717) is 12.5 Å². The molecule has 0 amide bonds. The first-order chi connectivity index (χ1) is 8.15. The fraction of sp³-hybridized carbons (Fsp3) is 0.571. The van der Waals surface area contributed by atoms with Gasteiger partial charge in [0.25, 0.3) is 0 Å². The Morgan fingerprint density at radius 3 is 2.59 bits per heavy atom. The van der Waals surface area contributed by atoms with Crippen LogP contribution in [-0.2, 0) is 4.74 Å². The van der Waals surface area contributed by atoms with Gasteiger partial charge in [0.05, 0.1) is 0 Å². The van der Waals surface area contributed by atoms with Gasteiger partial charge >= 0.3 is 0 Å². The van der Waals surface area contributed by atoms with Crippen LogP contribution in [0.3, 0.4) is 0 Å². The third-order valence-electron chi connectivity index (χ3n) is 2.59. The highest BCUT2D eigenvalue weighted by atomic mass is 79.9. The summed E-state index contributed by atoms with van der Waals surface area (Å²) in [6, 6.07) is 6.96. The number of alkyl halides is 1. The molecule has 1 aromatic carbocycles. The van der Waals surface area contributed by atoms with Crippen LogP contribution in [0.2, 0.25) is 0 Å². The van der Waals surface area contributed by atoms with Crippen LogP contribution < -0.4 is 0 Å². The van der Waals surface area contributed by atoms with E-state index in [1.165, 1.54) is 6.07 Å². The number of hydrogen-bond acceptors (Lipinski definition) is 1. The fourth-order valence-corrected chi connectivity index (χ4v) is 2.34. The van der Waals surface area contributed by atoms with Gasteiger partial charge in [0.1, 0.15) is 5.82 Å². The highest BCUT2D eigenvalue weighted by Gasteiger charge is 2.13. The lowest BCUT2D eigenvalue weighted by atomic mass is 9.98. The van der Waals surface area contributed by atoms with Crippen LogP contribution >= 0.6 is 15.9 Å². The predicted octanol–water partition coefficient (Wildman–Crippen LogP) is 4.37. The molecular formula is C14H20BrFO. The van der Waals surface area contributed by atoms with Crippen LogP contribution in [0.4, 0.5) is 4.39 Å². The molecule has 0 saturated carbocycles. The summed E-state index contributed by atoms with van der Waals surface area (Å²) in [7, 11) is 0. The van der Waals surface area contributed by atoms with E-state index in [0.717, 1.165) is 23.9 Å². The molecule has 0 radical (unpaired) electrons. The summed E-state index contributed by atoms with van der Waals surface area (Å²) < 4.78 is 19.1. The monoisotopic (exact) mass is 302 g/mol. The Morgan fingerprint density at radius 2 is 2.00 bits per heavy atom. The molecule has 0 aliphatic heterocycles. The summed E-state index contributed by atoms with van der Waals surface area (Å²) in [6.45, 7) is 5.70. The number of rotatable bonds is 7. The number of ether oxygens (including phenoxy) is 1. The van der Waals surface area contributed by atoms with Crippen LogP contribution in [0.25, 0.3) is 0 Å². The highest BCUT2D eigenvalue weighted by molar-refractivity contribution is 9.09. The first-order valence-corrected chi connectivity index (χ1v) is 7.15. The van der Waals surface area contributed by atoms with Crippen molar-refractivity contribution in [1.29, 1.82) is 0 Å². The molecule has 1 unspecified atom stereocenters. The molecule has 0 fully saturated rings. The topological polar surface area (TPSA) is 9.23 Å². The Morgan fingerprint density at radius 1 is 1.29 bits per heavy atom. The number of hydrogen-bond donors (Lipinski definition) is 0. The summed E-state index contributed by atoms with van der Waals surface area (Å²) >= 11 is 3.45. The van der Waals surface area contributed by atoms with Gasteiger partial charge in [-0.15, -0.1) is 0 Å². The van der Waals surface area contributed by atoms with Gasteiger partial charge in [0.15, 0.2) is 0 Å². The molecular weight excluding hydrogens is 283 g/mol. The molecule has 0 saturated heterocycles. The molecule has 0 bridgehead atoms. The maximum Gasteiger partial charge on any atom is 0.126 e. The van der Waals surface area contributed by atoms with Gasteiger partial charge in [-0.1, -0.05) is 48.0 Å². The lowest BCUT2D eigenvalue weighted by molar-refractivity contribution is 0.105. The van der Waals surface area contributed by atoms with Crippen LogP contribution in [0.15, 0.2) is 24.3 Å². The average molecular weight is 303 g/mol. The van der Waals surface area contributed by atoms with Gasteiger partial charge in [-0.25, -0.2) is 4.39 Å². The smallest absolute Gasteiger partial charge is 0.126 e. The van der Waals surface area contributed by atoms with E-state index in [9.17, 15) is 4.39 Å². The molecule has 17 heavy (non-hydrogen) atoms. The number of halogens is 2. The molecule has 0 aromatic heterocycles. The molecule has 0 aliphatic carbocycles. The first-order valence-electron chi connectivity index (χ1n) is 6.03. The molecule has 0 heterocycles. The van der Waals surface area contributed by atoms with E-state index in [1.54, 1.807) is 6.07 Å². The Balaban J connectivity index is 2.46. The van der Waals surface area contributed by atoms with Crippen molar-refractivity contribution in [2.75, 3.05) is 18.5 Å². The minimum absolute atomic E-state index is 0.124. The van der Waals surface area contributed by atoms with Gasteiger partial charge in [-0.3, -0.25) is 0 Å². The standard InChI is InChI=1S/C14H20BrFO/c1-11(2)10-17-8-7-12(9-15)13-5-3-4-6-14(13)16/h3-6,11-12H,7-10H2,1-2H3. The van der Waals surface area contributed by atoms with Crippen LogP contribution in [-0.4, -0.2) is 18.5 Å². The van der Waals surface area contributed by atoms with Gasteiger partial charge < -0.3 is 4.74 Å². The van der Waals surface area contributed by atoms with E-state index in [1.807, 2.05) is 12.1 Å². The second-order valence-electron chi connectivity index (χ2n) is 4.63. The van der Waals surface area contributed by atoms with Crippen LogP contribution in [0.5, 0.6) is 0 Å². The maximum atomic E-state index is 13.6. The van der Waals surface area contributed by atoms with Crippen molar-refractivity contribution < 1.29 is 9.13 Å². The third-order valence-corrected chi connectivity index (χ3v) is 3.37. The second-order valence-corrected chi connectivity index (χ2v) is 5.28. The molecule has 96 valence electrons. The average Bonchev–Trinajstić information content (AvgIpc) is 2.30. The van der Waals surface area contributed by atoms with Crippen molar-refractivity contribution >= 4 is 15.9 Å². The minimum Gasteiger partial charge on any atom is -0.381 e. The Kier molecular flexibility index (Phi) is 6.75. The van der Waals surface area contributed by atoms with Crippen molar-refractivity contribution in [1.82, 2.24) is 0 Å². The minimum atomic E-state index is -0.124. The maximum absolute atomic E-state index is 13.6. The molecule has 1 nitrogen and oxygen atoms in total. The van der Waals surface area contributed by atoms with E-state index in [4.69, 9.17) is 4.74 Å². The van der Waals surface area contributed by atoms with E-state index in [2.05, 4.69) is 29.8 Å². The Bertz CT molecular complexity index is 328. The zero-order valence-corrected chi connectivity index (χ0v) is 12.0. The molecule has 0 spiro atoms. The molecule has 3 heteroatoms. The van der Waals surface area contributed by atoms with Crippen molar-refractivity contribution in [2.24, 2.45) is 5.92 Å². The molecule has 1 atom stereocenters. The summed E-state index contributed by atoms with van der Waals surface area (Å²) in [5, 5.41) is 0.763. The lowest BCUT2D eigenvalue weighted by Crippen LogP contribution is -2.09. The molecule has 0 N–H and O–H groups in total. The van der Waals surface area contributed by atoms with E-state index in [-0.39, 0.29) is 11.7 Å². The van der Waals surface area contributed by atoms with Gasteiger partial charge in [-0.2, -0.15) is 0 Å². The molecule has 0 aliphatic rings. The quantitative estimate of drug-likeness (QED) is 0.537. The van der Waals surface area contributed by atoms with Gasteiger partial charge in [0, 0.05) is 18.5 Å². The van der Waals surface area contributed by atoms with Crippen molar-refractivity contribution in [2.45, 2.75) is 26.2 Å². The summed E-state index contributed by atoms with van der Waals surface area (Å²) in [4.78, 5) is 0. The second kappa shape index (κ2) is 7.83. The summed E-state index contributed by atoms with van der Waals surface area (Å²) in [6.07, 6.45) is 0.846. The van der Waals surface area contributed by atoms with Crippen molar-refractivity contribution in [3.8, 4) is 0 Å². The van der Waals surface area contributed by atoms with E-state index >= 15 is 0 Å². The van der Waals surface area contributed by atoms with Crippen molar-refractivity contribution in [3.63, 3.8) is 0 Å². The fourth-order valence-electron chi connectivity index (χ4n) is 1.67. The van der Waals surface area contributed by atoms with Crippen molar-refractivity contribution in [3.05, 3.63) is 35.6 Å². The first kappa shape index (κ1) is 14.7. The third kappa shape index (κ3) is 5.17. The van der Waals surface area contributed by atoms with Crippen LogP contribution in [0, 0.1) is 11.7 Å². The van der Waals surface area contributed by atoms with Gasteiger partial charge in [0.2, 0.25) is 0 Å². The normalized spacial score (nSPS) is 13.0. The van der Waals surface area contributed by atoms with Crippen LogP contribution in [0.1, 0.15) is 31.7 Å². The lowest BCUT2D eigenvalue weighted by Gasteiger charge is -2.15. The Hall–Kier alpha value is -0.410. The molecule has 1 rings (SSSR count). The number of benzene rings is 1. The predicted molar refractivity (Wildman–Crippen MR) is 73.2 cm³/mol. The van der Waals surface area contributed by atoms with E-state index < -0.39 is 0 Å². The summed E-state index contributed by atoms with van der Waals surface area (Å²) in [5.41, 5.74) is 0.775. The van der Waals surface area contributed by atoms with Gasteiger partial charge in [-0.05, 0) is 29.9 Å². The zero-order valence-electron chi connectivity index (χ0n) is 10.5. The highest BCUT2D eigenvalue weighted by Crippen LogP contribution is 2.24.